The van der Waals surface area contributed by atoms with Crippen LogP contribution in [0.1, 0.15) is 18.0 Å². The fraction of sp³-hybridized carbons (Fsp3) is 0.200. The third-order valence-corrected chi connectivity index (χ3v) is 2.01. The molecule has 0 aromatic heterocycles. The number of hydrogen-bond acceptors (Lipinski definition) is 1. The van der Waals surface area contributed by atoms with Crippen molar-refractivity contribution in [1.29, 1.82) is 0 Å². The molecule has 0 radical (unpaired) electrons. The van der Waals surface area contributed by atoms with Crippen molar-refractivity contribution >= 4 is 24.0 Å². The Kier molecular flexibility index (Phi) is 5.77. The first-order valence-electron chi connectivity index (χ1n) is 3.96. The average Bonchev–Trinajstić information content (AvgIpc) is 2.09. The second-order valence-corrected chi connectivity index (χ2v) is 3.23. The maximum Gasteiger partial charge on any atom is 0.128 e. The summed E-state index contributed by atoms with van der Waals surface area (Å²) in [5, 5.41) is 0.496. The van der Waals surface area contributed by atoms with Crippen LogP contribution in [0, 0.1) is 5.82 Å². The zero-order valence-electron chi connectivity index (χ0n) is 7.54. The molecule has 14 heavy (non-hydrogen) atoms. The molecule has 0 spiro atoms. The van der Waals surface area contributed by atoms with Gasteiger partial charge in [-0.05, 0) is 24.6 Å². The summed E-state index contributed by atoms with van der Waals surface area (Å²) in [5.41, 5.74) is 6.14. The van der Waals surface area contributed by atoms with E-state index in [4.69, 9.17) is 17.3 Å². The summed E-state index contributed by atoms with van der Waals surface area (Å²) < 4.78 is 13.2. The SMILES string of the molecule is C=CC[C@@H](N)c1cc(Cl)ccc1F.Cl. The van der Waals surface area contributed by atoms with E-state index >= 15 is 0 Å². The highest BCUT2D eigenvalue weighted by Gasteiger charge is 2.09. The lowest BCUT2D eigenvalue weighted by molar-refractivity contribution is 0.583. The third-order valence-electron chi connectivity index (χ3n) is 1.78. The number of rotatable bonds is 3. The van der Waals surface area contributed by atoms with Crippen LogP contribution in [0.25, 0.3) is 0 Å². The first-order chi connectivity index (χ1) is 6.15. The van der Waals surface area contributed by atoms with E-state index in [0.29, 0.717) is 17.0 Å². The summed E-state index contributed by atoms with van der Waals surface area (Å²) >= 11 is 5.71. The Morgan fingerprint density at radius 2 is 2.21 bits per heavy atom. The van der Waals surface area contributed by atoms with Crippen LogP contribution in [-0.2, 0) is 0 Å². The first-order valence-corrected chi connectivity index (χ1v) is 4.34. The molecule has 0 heterocycles. The van der Waals surface area contributed by atoms with Gasteiger partial charge in [0.1, 0.15) is 5.82 Å². The Balaban J connectivity index is 0.00000169. The van der Waals surface area contributed by atoms with E-state index in [-0.39, 0.29) is 24.3 Å². The Morgan fingerprint density at radius 1 is 1.57 bits per heavy atom. The Hall–Kier alpha value is -0.570. The molecule has 2 N–H and O–H groups in total. The molecule has 0 saturated heterocycles. The minimum atomic E-state index is -0.365. The zero-order valence-corrected chi connectivity index (χ0v) is 9.11. The molecule has 0 amide bonds. The molecular formula is C10H12Cl2FN. The van der Waals surface area contributed by atoms with Crippen molar-refractivity contribution in [2.75, 3.05) is 0 Å². The van der Waals surface area contributed by atoms with Crippen molar-refractivity contribution in [3.05, 3.63) is 47.3 Å². The molecular weight excluding hydrogens is 224 g/mol. The monoisotopic (exact) mass is 235 g/mol. The molecule has 1 aromatic carbocycles. The molecule has 78 valence electrons. The van der Waals surface area contributed by atoms with E-state index < -0.39 is 0 Å². The normalized spacial score (nSPS) is 11.6. The van der Waals surface area contributed by atoms with Crippen molar-refractivity contribution < 1.29 is 4.39 Å². The lowest BCUT2D eigenvalue weighted by Crippen LogP contribution is -2.10. The molecule has 0 bridgehead atoms. The summed E-state index contributed by atoms with van der Waals surface area (Å²) in [5.74, 6) is -0.321. The summed E-state index contributed by atoms with van der Waals surface area (Å²) in [6, 6.07) is 4.00. The standard InChI is InChI=1S/C10H11ClFN.ClH/c1-2-3-10(13)8-6-7(11)4-5-9(8)12;/h2,4-6,10H,1,3,13H2;1H/t10-;/m1./s1. The van der Waals surface area contributed by atoms with Gasteiger partial charge in [-0.25, -0.2) is 4.39 Å². The van der Waals surface area contributed by atoms with Gasteiger partial charge in [0.2, 0.25) is 0 Å². The van der Waals surface area contributed by atoms with Crippen LogP contribution in [0.5, 0.6) is 0 Å². The molecule has 0 aliphatic rings. The predicted molar refractivity (Wildman–Crippen MR) is 60.4 cm³/mol. The lowest BCUT2D eigenvalue weighted by atomic mass is 10.0. The van der Waals surface area contributed by atoms with Gasteiger partial charge < -0.3 is 5.73 Å². The zero-order chi connectivity index (χ0) is 9.84. The van der Waals surface area contributed by atoms with Gasteiger partial charge in [-0.2, -0.15) is 0 Å². The fourth-order valence-electron chi connectivity index (χ4n) is 1.11. The van der Waals surface area contributed by atoms with Crippen LogP contribution >= 0.6 is 24.0 Å². The van der Waals surface area contributed by atoms with Gasteiger partial charge in [0.15, 0.2) is 0 Å². The maximum atomic E-state index is 13.2. The van der Waals surface area contributed by atoms with E-state index in [2.05, 4.69) is 6.58 Å². The number of nitrogens with two attached hydrogens (primary N) is 1. The second kappa shape index (κ2) is 6.02. The quantitative estimate of drug-likeness (QED) is 0.799. The van der Waals surface area contributed by atoms with Gasteiger partial charge in [0.25, 0.3) is 0 Å². The summed E-state index contributed by atoms with van der Waals surface area (Å²) in [6.45, 7) is 3.54. The molecule has 0 aliphatic heterocycles. The highest BCUT2D eigenvalue weighted by atomic mass is 35.5. The van der Waals surface area contributed by atoms with Crippen molar-refractivity contribution in [3.63, 3.8) is 0 Å². The Labute approximate surface area is 94.2 Å². The van der Waals surface area contributed by atoms with Crippen LogP contribution in [0.15, 0.2) is 30.9 Å². The van der Waals surface area contributed by atoms with E-state index in [1.165, 1.54) is 12.1 Å². The summed E-state index contributed by atoms with van der Waals surface area (Å²) in [6.07, 6.45) is 2.20. The molecule has 1 atom stereocenters. The number of hydrogen-bond donors (Lipinski definition) is 1. The molecule has 0 fully saturated rings. The van der Waals surface area contributed by atoms with E-state index in [9.17, 15) is 4.39 Å². The molecule has 0 aliphatic carbocycles. The minimum absolute atomic E-state index is 0. The lowest BCUT2D eigenvalue weighted by Gasteiger charge is -2.10. The molecule has 4 heteroatoms. The summed E-state index contributed by atoms with van der Waals surface area (Å²) in [7, 11) is 0. The predicted octanol–water partition coefficient (Wildman–Crippen LogP) is 3.48. The molecule has 0 unspecified atom stereocenters. The highest BCUT2D eigenvalue weighted by Crippen LogP contribution is 2.21. The largest absolute Gasteiger partial charge is 0.324 e. The van der Waals surface area contributed by atoms with Gasteiger partial charge in [0.05, 0.1) is 0 Å². The van der Waals surface area contributed by atoms with Crippen LogP contribution in [-0.4, -0.2) is 0 Å². The minimum Gasteiger partial charge on any atom is -0.324 e. The smallest absolute Gasteiger partial charge is 0.128 e. The van der Waals surface area contributed by atoms with Gasteiger partial charge in [-0.3, -0.25) is 0 Å². The van der Waals surface area contributed by atoms with Crippen molar-refractivity contribution in [2.24, 2.45) is 5.73 Å². The first kappa shape index (κ1) is 13.4. The Morgan fingerprint density at radius 3 is 2.79 bits per heavy atom. The van der Waals surface area contributed by atoms with Crippen LogP contribution in [0.3, 0.4) is 0 Å². The van der Waals surface area contributed by atoms with E-state index in [0.717, 1.165) is 0 Å². The summed E-state index contributed by atoms with van der Waals surface area (Å²) in [4.78, 5) is 0. The molecule has 0 saturated carbocycles. The maximum absolute atomic E-state index is 13.2. The number of benzene rings is 1. The van der Waals surface area contributed by atoms with Crippen LogP contribution < -0.4 is 5.73 Å². The van der Waals surface area contributed by atoms with Crippen molar-refractivity contribution in [1.82, 2.24) is 0 Å². The third kappa shape index (κ3) is 3.29. The van der Waals surface area contributed by atoms with Gasteiger partial charge in [-0.1, -0.05) is 17.7 Å². The van der Waals surface area contributed by atoms with E-state index in [1.807, 2.05) is 0 Å². The fourth-order valence-corrected chi connectivity index (χ4v) is 1.29. The molecule has 1 rings (SSSR count). The van der Waals surface area contributed by atoms with E-state index in [1.54, 1.807) is 12.1 Å². The highest BCUT2D eigenvalue weighted by molar-refractivity contribution is 6.30. The van der Waals surface area contributed by atoms with Crippen molar-refractivity contribution in [2.45, 2.75) is 12.5 Å². The van der Waals surface area contributed by atoms with Crippen molar-refractivity contribution in [3.8, 4) is 0 Å². The topological polar surface area (TPSA) is 26.0 Å². The van der Waals surface area contributed by atoms with Crippen LogP contribution in [0.2, 0.25) is 5.02 Å². The Bertz CT molecular complexity index is 315. The van der Waals surface area contributed by atoms with Crippen LogP contribution in [0.4, 0.5) is 4.39 Å². The van der Waals surface area contributed by atoms with Gasteiger partial charge in [-0.15, -0.1) is 19.0 Å². The van der Waals surface area contributed by atoms with Gasteiger partial charge in [0, 0.05) is 16.6 Å². The molecule has 1 nitrogen and oxygen atoms in total. The molecule has 1 aromatic rings. The average molecular weight is 236 g/mol. The second-order valence-electron chi connectivity index (χ2n) is 2.80. The number of halogens is 3. The van der Waals surface area contributed by atoms with Gasteiger partial charge >= 0.3 is 0 Å².